The zero-order chi connectivity index (χ0) is 24.4. The Morgan fingerprint density at radius 2 is 1.59 bits per heavy atom. The van der Waals surface area contributed by atoms with Crippen LogP contribution >= 0.6 is 0 Å². The van der Waals surface area contributed by atoms with E-state index in [1.54, 1.807) is 20.8 Å². The van der Waals surface area contributed by atoms with Crippen molar-refractivity contribution in [3.05, 3.63) is 0 Å². The first-order valence-corrected chi connectivity index (χ1v) is 11.1. The Balaban J connectivity index is 2.92. The molecule has 0 bridgehead atoms. The van der Waals surface area contributed by atoms with Gasteiger partial charge in [0.15, 0.2) is 0 Å². The van der Waals surface area contributed by atoms with E-state index in [0.717, 1.165) is 6.42 Å². The highest BCUT2D eigenvalue weighted by Gasteiger charge is 2.34. The van der Waals surface area contributed by atoms with Gasteiger partial charge in [0, 0.05) is 6.42 Å². The minimum atomic E-state index is -1.17. The summed E-state index contributed by atoms with van der Waals surface area (Å²) in [5, 5.41) is 29.1. The van der Waals surface area contributed by atoms with Crippen molar-refractivity contribution in [3.63, 3.8) is 0 Å². The van der Waals surface area contributed by atoms with Gasteiger partial charge in [-0.05, 0) is 37.6 Å². The fraction of sp³-hybridized carbons (Fsp3) is 0.762. The van der Waals surface area contributed by atoms with Crippen molar-refractivity contribution < 1.29 is 34.2 Å². The molecular formula is C21H36N4O7. The van der Waals surface area contributed by atoms with Crippen LogP contribution in [0, 0.1) is 11.8 Å². The molecule has 1 aliphatic heterocycles. The summed E-state index contributed by atoms with van der Waals surface area (Å²) < 4.78 is 0. The van der Waals surface area contributed by atoms with E-state index < -0.39 is 53.8 Å². The van der Waals surface area contributed by atoms with E-state index in [-0.39, 0.29) is 24.7 Å². The third kappa shape index (κ3) is 8.45. The molecule has 1 aliphatic rings. The lowest BCUT2D eigenvalue weighted by atomic mass is 9.97. The number of carbonyl (C=O) groups excluding carboxylic acids is 3. The first-order chi connectivity index (χ1) is 15.0. The van der Waals surface area contributed by atoms with Crippen molar-refractivity contribution in [3.8, 4) is 0 Å². The monoisotopic (exact) mass is 456 g/mol. The van der Waals surface area contributed by atoms with Crippen LogP contribution in [0.1, 0.15) is 59.8 Å². The molecule has 0 aromatic carbocycles. The van der Waals surface area contributed by atoms with Crippen molar-refractivity contribution in [2.45, 2.75) is 84.0 Å². The Labute approximate surface area is 188 Å². The van der Waals surface area contributed by atoms with Gasteiger partial charge in [-0.15, -0.1) is 0 Å². The van der Waals surface area contributed by atoms with E-state index in [0.29, 0.717) is 19.4 Å². The number of nitrogens with one attached hydrogen (secondary N) is 4. The third-order valence-electron chi connectivity index (χ3n) is 5.68. The molecule has 11 nitrogen and oxygen atoms in total. The molecule has 182 valence electrons. The third-order valence-corrected chi connectivity index (χ3v) is 5.68. The number of amides is 3. The molecule has 3 amide bonds. The number of carbonyl (C=O) groups is 5. The Bertz CT molecular complexity index is 692. The van der Waals surface area contributed by atoms with Crippen LogP contribution in [0.25, 0.3) is 0 Å². The number of hydrogen-bond donors (Lipinski definition) is 6. The lowest BCUT2D eigenvalue weighted by Gasteiger charge is -2.28. The standard InChI is InChI=1S/C21H36N4O7/c1-5-12(4)17(21(31)32)25-20(30)16(11(2)3)24-19(29)14(8-9-15(26)27)23-18(28)13-7-6-10-22-13/h11-14,16-17,22H,5-10H2,1-4H3,(H,23,28)(H,24,29)(H,25,30)(H,26,27)(H,31,32). The van der Waals surface area contributed by atoms with Gasteiger partial charge in [0.2, 0.25) is 17.7 Å². The van der Waals surface area contributed by atoms with Crippen LogP contribution < -0.4 is 21.3 Å². The lowest BCUT2D eigenvalue weighted by molar-refractivity contribution is -0.144. The average molecular weight is 457 g/mol. The normalized spacial score (nSPS) is 19.5. The number of carboxylic acids is 2. The second-order valence-electron chi connectivity index (χ2n) is 8.58. The first-order valence-electron chi connectivity index (χ1n) is 11.1. The molecule has 0 aromatic rings. The molecule has 0 aliphatic carbocycles. The molecular weight excluding hydrogens is 420 g/mol. The number of carboxylic acid groups (broad SMARTS) is 2. The molecule has 1 fully saturated rings. The summed E-state index contributed by atoms with van der Waals surface area (Å²) in [7, 11) is 0. The summed E-state index contributed by atoms with van der Waals surface area (Å²) in [6.45, 7) is 7.58. The summed E-state index contributed by atoms with van der Waals surface area (Å²) >= 11 is 0. The van der Waals surface area contributed by atoms with Gasteiger partial charge < -0.3 is 31.5 Å². The van der Waals surface area contributed by atoms with Gasteiger partial charge >= 0.3 is 11.9 Å². The zero-order valence-electron chi connectivity index (χ0n) is 19.1. The molecule has 1 rings (SSSR count). The molecule has 0 aromatic heterocycles. The maximum Gasteiger partial charge on any atom is 0.326 e. The van der Waals surface area contributed by atoms with E-state index in [1.165, 1.54) is 0 Å². The maximum absolute atomic E-state index is 12.9. The average Bonchev–Trinajstić information content (AvgIpc) is 3.26. The fourth-order valence-corrected chi connectivity index (χ4v) is 3.43. The topological polar surface area (TPSA) is 174 Å². The van der Waals surface area contributed by atoms with Crippen LogP contribution in [0.3, 0.4) is 0 Å². The summed E-state index contributed by atoms with van der Waals surface area (Å²) in [5.74, 6) is -4.73. The van der Waals surface area contributed by atoms with Crippen LogP contribution in [-0.4, -0.2) is 70.6 Å². The quantitative estimate of drug-likeness (QED) is 0.222. The van der Waals surface area contributed by atoms with Crippen LogP contribution in [0.4, 0.5) is 0 Å². The number of rotatable bonds is 13. The molecule has 6 N–H and O–H groups in total. The van der Waals surface area contributed by atoms with E-state index in [9.17, 15) is 29.1 Å². The molecule has 5 unspecified atom stereocenters. The largest absolute Gasteiger partial charge is 0.481 e. The molecule has 11 heteroatoms. The molecule has 0 spiro atoms. The Morgan fingerprint density at radius 1 is 0.969 bits per heavy atom. The second-order valence-corrected chi connectivity index (χ2v) is 8.58. The first kappa shape index (κ1) is 27.3. The minimum Gasteiger partial charge on any atom is -0.481 e. The Hall–Kier alpha value is -2.69. The SMILES string of the molecule is CCC(C)C(NC(=O)C(NC(=O)C(CCC(=O)O)NC(=O)C1CCCN1)C(C)C)C(=O)O. The van der Waals surface area contributed by atoms with E-state index in [1.807, 2.05) is 6.92 Å². The van der Waals surface area contributed by atoms with Crippen LogP contribution in [0.15, 0.2) is 0 Å². The zero-order valence-corrected chi connectivity index (χ0v) is 19.1. The van der Waals surface area contributed by atoms with E-state index in [2.05, 4.69) is 21.3 Å². The maximum atomic E-state index is 12.9. The Morgan fingerprint density at radius 3 is 2.06 bits per heavy atom. The van der Waals surface area contributed by atoms with Crippen molar-refractivity contribution in [2.24, 2.45) is 11.8 Å². The predicted octanol–water partition coefficient (Wildman–Crippen LogP) is -0.156. The minimum absolute atomic E-state index is 0.142. The number of hydrogen-bond acceptors (Lipinski definition) is 6. The summed E-state index contributed by atoms with van der Waals surface area (Å²) in [6, 6.07) is -3.75. The molecule has 0 saturated carbocycles. The van der Waals surface area contributed by atoms with E-state index >= 15 is 0 Å². The highest BCUT2D eigenvalue weighted by molar-refractivity contribution is 5.94. The van der Waals surface area contributed by atoms with Gasteiger partial charge in [-0.1, -0.05) is 34.1 Å². The van der Waals surface area contributed by atoms with Crippen molar-refractivity contribution >= 4 is 29.7 Å². The summed E-state index contributed by atoms with van der Waals surface area (Å²) in [6.07, 6.45) is 1.48. The summed E-state index contributed by atoms with van der Waals surface area (Å²) in [4.78, 5) is 60.7. The van der Waals surface area contributed by atoms with Crippen molar-refractivity contribution in [1.82, 2.24) is 21.3 Å². The molecule has 0 radical (unpaired) electrons. The predicted molar refractivity (Wildman–Crippen MR) is 116 cm³/mol. The molecule has 32 heavy (non-hydrogen) atoms. The van der Waals surface area contributed by atoms with Crippen LogP contribution in [0.5, 0.6) is 0 Å². The van der Waals surface area contributed by atoms with Gasteiger partial charge in [0.1, 0.15) is 18.1 Å². The van der Waals surface area contributed by atoms with Gasteiger partial charge in [0.25, 0.3) is 0 Å². The van der Waals surface area contributed by atoms with Crippen molar-refractivity contribution in [2.75, 3.05) is 6.54 Å². The van der Waals surface area contributed by atoms with Crippen LogP contribution in [-0.2, 0) is 24.0 Å². The fourth-order valence-electron chi connectivity index (χ4n) is 3.43. The van der Waals surface area contributed by atoms with Crippen LogP contribution in [0.2, 0.25) is 0 Å². The smallest absolute Gasteiger partial charge is 0.326 e. The van der Waals surface area contributed by atoms with Gasteiger partial charge in [0.05, 0.1) is 6.04 Å². The summed E-state index contributed by atoms with van der Waals surface area (Å²) in [5.41, 5.74) is 0. The van der Waals surface area contributed by atoms with Gasteiger partial charge in [-0.25, -0.2) is 4.79 Å². The molecule has 5 atom stereocenters. The van der Waals surface area contributed by atoms with Crippen molar-refractivity contribution in [1.29, 1.82) is 0 Å². The highest BCUT2D eigenvalue weighted by atomic mass is 16.4. The van der Waals surface area contributed by atoms with Gasteiger partial charge in [-0.3, -0.25) is 19.2 Å². The van der Waals surface area contributed by atoms with Gasteiger partial charge in [-0.2, -0.15) is 0 Å². The second kappa shape index (κ2) is 13.0. The molecule has 1 saturated heterocycles. The molecule has 1 heterocycles. The lowest BCUT2D eigenvalue weighted by Crippen LogP contribution is -2.59. The Kier molecular flexibility index (Phi) is 11.1. The highest BCUT2D eigenvalue weighted by Crippen LogP contribution is 2.11. The number of aliphatic carboxylic acids is 2. The van der Waals surface area contributed by atoms with E-state index in [4.69, 9.17) is 5.11 Å².